The smallest absolute Gasteiger partial charge is 0.137 e. The molecular formula is C27H26ClN5. The van der Waals surface area contributed by atoms with Crippen molar-refractivity contribution in [1.82, 2.24) is 20.1 Å². The molecule has 0 saturated heterocycles. The second-order valence-corrected chi connectivity index (χ2v) is 8.65. The van der Waals surface area contributed by atoms with Crippen molar-refractivity contribution in [2.75, 3.05) is 0 Å². The Labute approximate surface area is 199 Å². The minimum Gasteiger partial charge on any atom is -0.305 e. The minimum absolute atomic E-state index is 0.0507. The van der Waals surface area contributed by atoms with Gasteiger partial charge in [0.1, 0.15) is 12.7 Å². The van der Waals surface area contributed by atoms with Crippen molar-refractivity contribution in [3.05, 3.63) is 119 Å². The highest BCUT2D eigenvalue weighted by atomic mass is 35.5. The van der Waals surface area contributed by atoms with E-state index < -0.39 is 0 Å². The SMILES string of the molecule is C[C@H](NC(Cn1cncn1)c1ccccc1)[C@@H](Cc1ccc(Cl)cc1)c1cccc(C#N)c1. The second-order valence-electron chi connectivity index (χ2n) is 8.21. The normalized spacial score (nSPS) is 13.7. The van der Waals surface area contributed by atoms with Gasteiger partial charge in [0.25, 0.3) is 0 Å². The van der Waals surface area contributed by atoms with Crippen LogP contribution in [0, 0.1) is 11.3 Å². The Bertz CT molecular complexity index is 1180. The summed E-state index contributed by atoms with van der Waals surface area (Å²) < 4.78 is 1.85. The topological polar surface area (TPSA) is 66.5 Å². The largest absolute Gasteiger partial charge is 0.305 e. The van der Waals surface area contributed by atoms with Gasteiger partial charge < -0.3 is 5.32 Å². The Morgan fingerprint density at radius 3 is 2.45 bits per heavy atom. The highest BCUT2D eigenvalue weighted by molar-refractivity contribution is 6.30. The Hall–Kier alpha value is -3.46. The van der Waals surface area contributed by atoms with Crippen molar-refractivity contribution < 1.29 is 0 Å². The van der Waals surface area contributed by atoms with Crippen molar-refractivity contribution in [1.29, 1.82) is 5.26 Å². The average molecular weight is 456 g/mol. The van der Waals surface area contributed by atoms with Crippen LogP contribution < -0.4 is 5.32 Å². The Kier molecular flexibility index (Phi) is 7.51. The van der Waals surface area contributed by atoms with E-state index in [2.05, 4.69) is 70.9 Å². The standard InChI is InChI=1S/C27H26ClN5/c1-20(32-27(17-33-19-30-18-31-33)23-7-3-2-4-8-23)26(15-21-10-12-25(28)13-11-21)24-9-5-6-22(14-24)16-29/h2-14,18-20,26-27,32H,15,17H2,1H3/t20-,26+,27?/m0/s1. The maximum atomic E-state index is 9.44. The number of nitrogens with zero attached hydrogens (tertiary/aromatic N) is 4. The fourth-order valence-corrected chi connectivity index (χ4v) is 4.31. The van der Waals surface area contributed by atoms with Crippen molar-refractivity contribution in [3.8, 4) is 6.07 Å². The molecule has 3 atom stereocenters. The summed E-state index contributed by atoms with van der Waals surface area (Å²) >= 11 is 6.11. The van der Waals surface area contributed by atoms with Crippen molar-refractivity contribution in [3.63, 3.8) is 0 Å². The molecule has 1 heterocycles. The third-order valence-electron chi connectivity index (χ3n) is 5.92. The lowest BCUT2D eigenvalue weighted by Crippen LogP contribution is -2.38. The second kappa shape index (κ2) is 10.9. The van der Waals surface area contributed by atoms with E-state index in [-0.39, 0.29) is 18.0 Å². The van der Waals surface area contributed by atoms with Crippen LogP contribution in [-0.4, -0.2) is 20.8 Å². The molecule has 0 aliphatic heterocycles. The van der Waals surface area contributed by atoms with E-state index >= 15 is 0 Å². The molecule has 3 aromatic carbocycles. The molecule has 0 radical (unpaired) electrons. The predicted octanol–water partition coefficient (Wildman–Crippen LogP) is 5.55. The van der Waals surface area contributed by atoms with E-state index in [1.807, 2.05) is 41.1 Å². The molecule has 0 saturated carbocycles. The van der Waals surface area contributed by atoms with Crippen LogP contribution in [0.1, 0.15) is 41.1 Å². The third-order valence-corrected chi connectivity index (χ3v) is 6.17. The van der Waals surface area contributed by atoms with Gasteiger partial charge in [0.05, 0.1) is 24.2 Å². The highest BCUT2D eigenvalue weighted by Crippen LogP contribution is 2.28. The molecular weight excluding hydrogens is 430 g/mol. The number of hydrogen-bond acceptors (Lipinski definition) is 4. The number of benzene rings is 3. The van der Waals surface area contributed by atoms with Gasteiger partial charge in [-0.15, -0.1) is 0 Å². The van der Waals surface area contributed by atoms with Gasteiger partial charge in [0.2, 0.25) is 0 Å². The molecule has 166 valence electrons. The van der Waals surface area contributed by atoms with Gasteiger partial charge in [-0.05, 0) is 54.3 Å². The van der Waals surface area contributed by atoms with Crippen LogP contribution in [0.15, 0.2) is 91.5 Å². The van der Waals surface area contributed by atoms with E-state index in [4.69, 9.17) is 11.6 Å². The summed E-state index contributed by atoms with van der Waals surface area (Å²) in [7, 11) is 0. The van der Waals surface area contributed by atoms with Crippen molar-refractivity contribution in [2.24, 2.45) is 0 Å². The van der Waals surface area contributed by atoms with Crippen LogP contribution in [0.3, 0.4) is 0 Å². The van der Waals surface area contributed by atoms with E-state index in [0.717, 1.165) is 17.0 Å². The summed E-state index contributed by atoms with van der Waals surface area (Å²) in [5, 5.41) is 18.3. The first-order chi connectivity index (χ1) is 16.1. The molecule has 0 bridgehead atoms. The number of halogens is 1. The van der Waals surface area contributed by atoms with Gasteiger partial charge in [-0.1, -0.05) is 66.2 Å². The summed E-state index contributed by atoms with van der Waals surface area (Å²) in [5.74, 6) is 0.154. The number of hydrogen-bond donors (Lipinski definition) is 1. The van der Waals surface area contributed by atoms with Crippen LogP contribution in [0.4, 0.5) is 0 Å². The first-order valence-corrected chi connectivity index (χ1v) is 11.4. The molecule has 1 unspecified atom stereocenters. The molecule has 5 nitrogen and oxygen atoms in total. The summed E-state index contributed by atoms with van der Waals surface area (Å²) in [6, 6.07) is 28.7. The molecule has 1 aromatic heterocycles. The first kappa shape index (κ1) is 22.7. The van der Waals surface area contributed by atoms with Gasteiger partial charge in [-0.2, -0.15) is 10.4 Å². The first-order valence-electron chi connectivity index (χ1n) is 11.0. The van der Waals surface area contributed by atoms with Gasteiger partial charge in [0, 0.05) is 17.0 Å². The number of rotatable bonds is 9. The fraction of sp³-hybridized carbons (Fsp3) is 0.222. The molecule has 33 heavy (non-hydrogen) atoms. The zero-order valence-electron chi connectivity index (χ0n) is 18.5. The highest BCUT2D eigenvalue weighted by Gasteiger charge is 2.24. The monoisotopic (exact) mass is 455 g/mol. The molecule has 4 rings (SSSR count). The van der Waals surface area contributed by atoms with Gasteiger partial charge in [-0.3, -0.25) is 4.68 Å². The maximum Gasteiger partial charge on any atom is 0.137 e. The van der Waals surface area contributed by atoms with E-state index in [1.165, 1.54) is 11.1 Å². The number of nitrogens with one attached hydrogen (secondary N) is 1. The van der Waals surface area contributed by atoms with Crippen LogP contribution in [0.5, 0.6) is 0 Å². The molecule has 0 spiro atoms. The van der Waals surface area contributed by atoms with E-state index in [9.17, 15) is 5.26 Å². The molecule has 0 fully saturated rings. The fourth-order valence-electron chi connectivity index (χ4n) is 4.18. The lowest BCUT2D eigenvalue weighted by Gasteiger charge is -2.30. The summed E-state index contributed by atoms with van der Waals surface area (Å²) in [6.07, 6.45) is 4.12. The molecule has 0 aliphatic carbocycles. The number of nitriles is 1. The maximum absolute atomic E-state index is 9.44. The molecule has 4 aromatic rings. The Morgan fingerprint density at radius 1 is 1.00 bits per heavy atom. The van der Waals surface area contributed by atoms with Crippen LogP contribution in [0.25, 0.3) is 0 Å². The van der Waals surface area contributed by atoms with Gasteiger partial charge in [-0.25, -0.2) is 4.98 Å². The van der Waals surface area contributed by atoms with Gasteiger partial charge >= 0.3 is 0 Å². The van der Waals surface area contributed by atoms with Crippen molar-refractivity contribution in [2.45, 2.75) is 37.9 Å². The van der Waals surface area contributed by atoms with E-state index in [1.54, 1.807) is 12.7 Å². The van der Waals surface area contributed by atoms with Crippen LogP contribution >= 0.6 is 11.6 Å². The Morgan fingerprint density at radius 2 is 1.76 bits per heavy atom. The zero-order valence-corrected chi connectivity index (χ0v) is 19.2. The molecule has 0 amide bonds. The number of aromatic nitrogens is 3. The summed E-state index contributed by atoms with van der Waals surface area (Å²) in [5.41, 5.74) is 4.20. The quantitative estimate of drug-likeness (QED) is 0.359. The Balaban J connectivity index is 1.63. The lowest BCUT2D eigenvalue weighted by atomic mass is 9.85. The van der Waals surface area contributed by atoms with Crippen molar-refractivity contribution >= 4 is 11.6 Å². The van der Waals surface area contributed by atoms with Crippen LogP contribution in [-0.2, 0) is 13.0 Å². The lowest BCUT2D eigenvalue weighted by molar-refractivity contribution is 0.359. The third kappa shape index (κ3) is 6.07. The average Bonchev–Trinajstić information content (AvgIpc) is 3.37. The van der Waals surface area contributed by atoms with Crippen LogP contribution in [0.2, 0.25) is 5.02 Å². The molecule has 6 heteroatoms. The molecule has 0 aliphatic rings. The van der Waals surface area contributed by atoms with Gasteiger partial charge in [0.15, 0.2) is 0 Å². The summed E-state index contributed by atoms with van der Waals surface area (Å²) in [4.78, 5) is 4.10. The zero-order chi connectivity index (χ0) is 23.0. The molecule has 1 N–H and O–H groups in total. The summed E-state index contributed by atoms with van der Waals surface area (Å²) in [6.45, 7) is 2.87. The minimum atomic E-state index is 0.0507. The predicted molar refractivity (Wildman–Crippen MR) is 131 cm³/mol. The van der Waals surface area contributed by atoms with E-state index in [0.29, 0.717) is 12.1 Å².